The summed E-state index contributed by atoms with van der Waals surface area (Å²) in [4.78, 5) is 0. The van der Waals surface area contributed by atoms with Crippen molar-refractivity contribution in [1.29, 1.82) is 10.5 Å². The lowest BCUT2D eigenvalue weighted by Gasteiger charge is -2.47. The third-order valence-corrected chi connectivity index (χ3v) is 4.08. The van der Waals surface area contributed by atoms with Crippen molar-refractivity contribution in [3.63, 3.8) is 0 Å². The van der Waals surface area contributed by atoms with Crippen molar-refractivity contribution in [3.8, 4) is 12.1 Å². The molecule has 0 unspecified atom stereocenters. The largest absolute Gasteiger partial charge is 0.315 e. The van der Waals surface area contributed by atoms with Crippen molar-refractivity contribution in [2.75, 3.05) is 19.6 Å². The predicted octanol–water partition coefficient (Wildman–Crippen LogP) is 2.58. The molecule has 1 aliphatic rings. The molecule has 1 fully saturated rings. The van der Waals surface area contributed by atoms with Gasteiger partial charge in [0, 0.05) is 38.5 Å². The summed E-state index contributed by atoms with van der Waals surface area (Å²) in [5.41, 5.74) is 0.593. The molecule has 0 spiro atoms. The van der Waals surface area contributed by atoms with Crippen molar-refractivity contribution in [2.45, 2.75) is 58.9 Å². The fraction of sp³-hybridized carbons (Fsp3) is 0.875. The van der Waals surface area contributed by atoms with Gasteiger partial charge in [0.25, 0.3) is 0 Å². The maximum Gasteiger partial charge on any atom is 0.0635 e. The standard InChI is InChI=1S/C16H28N4/c1-15(2)10-14(20-9-5-7-18)11-16(3,12-15)13-19-8-4-6-17/h14,19-20H,4-5,8-13H2,1-3H3/t14-,16-/m0/s1. The molecule has 0 bridgehead atoms. The van der Waals surface area contributed by atoms with Crippen LogP contribution in [0.2, 0.25) is 0 Å². The number of hydrogen-bond donors (Lipinski definition) is 2. The van der Waals surface area contributed by atoms with Gasteiger partial charge < -0.3 is 10.6 Å². The first-order chi connectivity index (χ1) is 9.41. The van der Waals surface area contributed by atoms with Gasteiger partial charge in [-0.15, -0.1) is 0 Å². The van der Waals surface area contributed by atoms with Crippen LogP contribution in [-0.2, 0) is 0 Å². The Morgan fingerprint density at radius 2 is 1.70 bits per heavy atom. The van der Waals surface area contributed by atoms with Gasteiger partial charge in [-0.2, -0.15) is 10.5 Å². The summed E-state index contributed by atoms with van der Waals surface area (Å²) in [5.74, 6) is 0. The van der Waals surface area contributed by atoms with E-state index in [0.29, 0.717) is 24.3 Å². The van der Waals surface area contributed by atoms with E-state index in [9.17, 15) is 0 Å². The highest BCUT2D eigenvalue weighted by atomic mass is 14.9. The number of hydrogen-bond acceptors (Lipinski definition) is 4. The quantitative estimate of drug-likeness (QED) is 0.701. The van der Waals surface area contributed by atoms with Crippen LogP contribution in [0.4, 0.5) is 0 Å². The van der Waals surface area contributed by atoms with E-state index in [1.165, 1.54) is 12.8 Å². The summed E-state index contributed by atoms with van der Waals surface area (Å²) in [5, 5.41) is 24.2. The molecule has 0 aromatic heterocycles. The Morgan fingerprint density at radius 3 is 2.35 bits per heavy atom. The Kier molecular flexibility index (Phi) is 6.46. The smallest absolute Gasteiger partial charge is 0.0635 e. The van der Waals surface area contributed by atoms with Gasteiger partial charge in [0.2, 0.25) is 0 Å². The van der Waals surface area contributed by atoms with E-state index in [1.54, 1.807) is 0 Å². The summed E-state index contributed by atoms with van der Waals surface area (Å²) in [7, 11) is 0. The third kappa shape index (κ3) is 5.90. The van der Waals surface area contributed by atoms with Gasteiger partial charge in [0.1, 0.15) is 0 Å². The fourth-order valence-electron chi connectivity index (χ4n) is 3.78. The average molecular weight is 276 g/mol. The van der Waals surface area contributed by atoms with Crippen LogP contribution in [0.25, 0.3) is 0 Å². The molecule has 0 saturated heterocycles. The molecule has 0 aromatic rings. The van der Waals surface area contributed by atoms with E-state index >= 15 is 0 Å². The van der Waals surface area contributed by atoms with Crippen LogP contribution in [0.1, 0.15) is 52.9 Å². The average Bonchev–Trinajstić information content (AvgIpc) is 2.33. The Labute approximate surface area is 123 Å². The Hall–Kier alpha value is -1.10. The lowest BCUT2D eigenvalue weighted by atomic mass is 9.62. The molecule has 1 rings (SSSR count). The molecule has 1 saturated carbocycles. The van der Waals surface area contributed by atoms with E-state index in [0.717, 1.165) is 26.1 Å². The van der Waals surface area contributed by atoms with Crippen molar-refractivity contribution in [2.24, 2.45) is 10.8 Å². The minimum Gasteiger partial charge on any atom is -0.315 e. The first-order valence-corrected chi connectivity index (χ1v) is 7.59. The lowest BCUT2D eigenvalue weighted by molar-refractivity contribution is 0.0709. The molecule has 2 N–H and O–H groups in total. The van der Waals surface area contributed by atoms with Gasteiger partial charge in [-0.25, -0.2) is 0 Å². The first-order valence-electron chi connectivity index (χ1n) is 7.59. The second-order valence-electron chi connectivity index (χ2n) is 7.20. The maximum atomic E-state index is 8.64. The lowest BCUT2D eigenvalue weighted by Crippen LogP contribution is -2.48. The molecule has 0 aliphatic heterocycles. The summed E-state index contributed by atoms with van der Waals surface area (Å²) >= 11 is 0. The molecule has 112 valence electrons. The van der Waals surface area contributed by atoms with Gasteiger partial charge >= 0.3 is 0 Å². The van der Waals surface area contributed by atoms with Crippen LogP contribution in [0.3, 0.4) is 0 Å². The second-order valence-corrected chi connectivity index (χ2v) is 7.20. The predicted molar refractivity (Wildman–Crippen MR) is 80.9 cm³/mol. The van der Waals surface area contributed by atoms with Crippen molar-refractivity contribution >= 4 is 0 Å². The van der Waals surface area contributed by atoms with E-state index in [1.807, 2.05) is 0 Å². The Morgan fingerprint density at radius 1 is 1.05 bits per heavy atom. The summed E-state index contributed by atoms with van der Waals surface area (Å²) in [6, 6.07) is 4.86. The van der Waals surface area contributed by atoms with Crippen molar-refractivity contribution in [1.82, 2.24) is 10.6 Å². The molecule has 20 heavy (non-hydrogen) atoms. The topological polar surface area (TPSA) is 71.6 Å². The number of rotatable bonds is 7. The molecule has 4 heteroatoms. The normalized spacial score (nSPS) is 28.6. The molecule has 0 radical (unpaired) electrons. The van der Waals surface area contributed by atoms with Gasteiger partial charge in [0.15, 0.2) is 0 Å². The van der Waals surface area contributed by atoms with Gasteiger partial charge in [-0.1, -0.05) is 20.8 Å². The molecule has 1 aliphatic carbocycles. The van der Waals surface area contributed by atoms with E-state index in [2.05, 4.69) is 43.5 Å². The zero-order chi connectivity index (χ0) is 15.1. The fourth-order valence-corrected chi connectivity index (χ4v) is 3.78. The minimum absolute atomic E-state index is 0.265. The van der Waals surface area contributed by atoms with E-state index in [4.69, 9.17) is 10.5 Å². The summed E-state index contributed by atoms with van der Waals surface area (Å²) in [6.07, 6.45) is 4.67. The minimum atomic E-state index is 0.265. The molecule has 0 amide bonds. The molecular weight excluding hydrogens is 248 g/mol. The van der Waals surface area contributed by atoms with Crippen LogP contribution in [0, 0.1) is 33.5 Å². The van der Waals surface area contributed by atoms with Gasteiger partial charge in [0.05, 0.1) is 12.1 Å². The van der Waals surface area contributed by atoms with Crippen LogP contribution in [0.5, 0.6) is 0 Å². The highest BCUT2D eigenvalue weighted by molar-refractivity contribution is 4.95. The Bertz CT molecular complexity index is 377. The molecule has 0 aromatic carbocycles. The molecule has 0 heterocycles. The number of nitrogens with one attached hydrogen (secondary N) is 2. The van der Waals surface area contributed by atoms with Crippen LogP contribution >= 0.6 is 0 Å². The second kappa shape index (κ2) is 7.62. The van der Waals surface area contributed by atoms with E-state index < -0.39 is 0 Å². The molecule has 4 nitrogen and oxygen atoms in total. The van der Waals surface area contributed by atoms with E-state index in [-0.39, 0.29) is 5.41 Å². The third-order valence-electron chi connectivity index (χ3n) is 4.08. The first kappa shape index (κ1) is 17.0. The number of nitrogens with zero attached hydrogens (tertiary/aromatic N) is 2. The molecule has 2 atom stereocenters. The summed E-state index contributed by atoms with van der Waals surface area (Å²) in [6.45, 7) is 9.53. The number of nitriles is 2. The van der Waals surface area contributed by atoms with Crippen molar-refractivity contribution in [3.05, 3.63) is 0 Å². The monoisotopic (exact) mass is 276 g/mol. The van der Waals surface area contributed by atoms with Gasteiger partial charge in [-0.3, -0.25) is 0 Å². The SMILES string of the molecule is CC1(C)C[C@H](NCCC#N)C[C@](C)(CNCCC#N)C1. The zero-order valence-electron chi connectivity index (χ0n) is 13.1. The highest BCUT2D eigenvalue weighted by Crippen LogP contribution is 2.45. The van der Waals surface area contributed by atoms with Crippen LogP contribution in [-0.4, -0.2) is 25.7 Å². The summed E-state index contributed by atoms with van der Waals surface area (Å²) < 4.78 is 0. The van der Waals surface area contributed by atoms with Crippen LogP contribution in [0.15, 0.2) is 0 Å². The van der Waals surface area contributed by atoms with Crippen LogP contribution < -0.4 is 10.6 Å². The van der Waals surface area contributed by atoms with Crippen molar-refractivity contribution < 1.29 is 0 Å². The Balaban J connectivity index is 2.52. The van der Waals surface area contributed by atoms with Gasteiger partial charge in [-0.05, 0) is 30.1 Å². The zero-order valence-corrected chi connectivity index (χ0v) is 13.1. The molecular formula is C16H28N4. The maximum absolute atomic E-state index is 8.64. The highest BCUT2D eigenvalue weighted by Gasteiger charge is 2.40.